The van der Waals surface area contributed by atoms with Crippen LogP contribution in [0.3, 0.4) is 0 Å². The number of hydrogen-bond acceptors (Lipinski definition) is 7. The zero-order chi connectivity index (χ0) is 19.7. The van der Waals surface area contributed by atoms with Gasteiger partial charge in [-0.05, 0) is 56.2 Å². The van der Waals surface area contributed by atoms with Gasteiger partial charge in [-0.3, -0.25) is 9.80 Å². The van der Waals surface area contributed by atoms with Gasteiger partial charge in [-0.15, -0.1) is 5.10 Å². The normalized spacial score (nSPS) is 16.0. The molecule has 1 aliphatic heterocycles. The largest absolute Gasteiger partial charge is 0.409 e. The van der Waals surface area contributed by atoms with Crippen molar-refractivity contribution in [2.75, 3.05) is 26.2 Å². The van der Waals surface area contributed by atoms with E-state index in [1.807, 2.05) is 19.1 Å². The van der Waals surface area contributed by atoms with E-state index in [0.29, 0.717) is 17.4 Å². The van der Waals surface area contributed by atoms with Crippen LogP contribution in [0.25, 0.3) is 11.5 Å². The average Bonchev–Trinajstić information content (AvgIpc) is 3.25. The first-order chi connectivity index (χ1) is 13.5. The number of aromatic nitrogens is 3. The van der Waals surface area contributed by atoms with Gasteiger partial charge in [-0.25, -0.2) is 4.68 Å². The van der Waals surface area contributed by atoms with E-state index in [1.54, 1.807) is 4.68 Å². The van der Waals surface area contributed by atoms with E-state index < -0.39 is 0 Å². The molecule has 8 heteroatoms. The van der Waals surface area contributed by atoms with Gasteiger partial charge >= 0.3 is 0 Å². The number of piperazine rings is 1. The summed E-state index contributed by atoms with van der Waals surface area (Å²) in [6.07, 6.45) is 0. The third-order valence-corrected chi connectivity index (χ3v) is 5.51. The fourth-order valence-electron chi connectivity index (χ4n) is 3.38. The first-order valence-corrected chi connectivity index (χ1v) is 9.91. The van der Waals surface area contributed by atoms with Crippen LogP contribution in [0, 0.1) is 25.6 Å². The summed E-state index contributed by atoms with van der Waals surface area (Å²) >= 11 is 5.39. The maximum absolute atomic E-state index is 5.75. The lowest BCUT2D eigenvalue weighted by molar-refractivity contribution is 0.0914. The Balaban J connectivity index is 1.37. The van der Waals surface area contributed by atoms with Crippen molar-refractivity contribution in [3.63, 3.8) is 0 Å². The molecule has 1 aliphatic rings. The lowest BCUT2D eigenvalue weighted by Gasteiger charge is -2.33. The maximum atomic E-state index is 5.75. The van der Waals surface area contributed by atoms with E-state index in [2.05, 4.69) is 46.0 Å². The third kappa shape index (κ3) is 4.24. The van der Waals surface area contributed by atoms with Gasteiger partial charge in [0.2, 0.25) is 5.89 Å². The molecule has 0 bridgehead atoms. The van der Waals surface area contributed by atoms with Crippen molar-refractivity contribution < 1.29 is 8.94 Å². The van der Waals surface area contributed by atoms with E-state index >= 15 is 0 Å². The predicted molar refractivity (Wildman–Crippen MR) is 108 cm³/mol. The van der Waals surface area contributed by atoms with E-state index in [4.69, 9.17) is 21.2 Å². The van der Waals surface area contributed by atoms with Crippen molar-refractivity contribution in [1.29, 1.82) is 0 Å². The molecule has 148 valence electrons. The Hall–Kier alpha value is -2.29. The number of hydrogen-bond donors (Lipinski definition) is 0. The lowest BCUT2D eigenvalue weighted by Crippen LogP contribution is -2.46. The number of nitrogens with zero attached hydrogens (tertiary/aromatic N) is 5. The monoisotopic (exact) mass is 399 g/mol. The van der Waals surface area contributed by atoms with Crippen molar-refractivity contribution in [1.82, 2.24) is 24.7 Å². The zero-order valence-electron chi connectivity index (χ0n) is 16.5. The van der Waals surface area contributed by atoms with Crippen LogP contribution in [0.15, 0.2) is 33.2 Å². The summed E-state index contributed by atoms with van der Waals surface area (Å²) < 4.78 is 12.8. The SMILES string of the molecule is Cc1cc(CN2CCN(Cn3nc(-c4ccc(C)c(C)c4)oc3=S)CC2)on1. The summed E-state index contributed by atoms with van der Waals surface area (Å²) in [6.45, 7) is 11.4. The maximum Gasteiger partial charge on any atom is 0.288 e. The highest BCUT2D eigenvalue weighted by Crippen LogP contribution is 2.21. The summed E-state index contributed by atoms with van der Waals surface area (Å²) in [7, 11) is 0. The number of rotatable bonds is 5. The topological polar surface area (TPSA) is 63.5 Å². The van der Waals surface area contributed by atoms with E-state index in [-0.39, 0.29) is 0 Å². The van der Waals surface area contributed by atoms with Crippen molar-refractivity contribution in [3.8, 4) is 11.5 Å². The standard InChI is InChI=1S/C20H25N5O2S/c1-14-4-5-17(10-15(14)2)19-21-25(20(28)26-19)13-24-8-6-23(7-9-24)12-18-11-16(3)22-27-18/h4-5,10-11H,6-9,12-13H2,1-3H3. The van der Waals surface area contributed by atoms with Crippen LogP contribution in [-0.2, 0) is 13.2 Å². The molecule has 3 aromatic rings. The molecule has 1 aromatic carbocycles. The average molecular weight is 400 g/mol. The van der Waals surface area contributed by atoms with Crippen LogP contribution in [-0.4, -0.2) is 50.9 Å². The number of benzene rings is 1. The third-order valence-electron chi connectivity index (χ3n) is 5.22. The van der Waals surface area contributed by atoms with Crippen molar-refractivity contribution in [2.45, 2.75) is 34.0 Å². The Morgan fingerprint density at radius 1 is 1.00 bits per heavy atom. The second-order valence-electron chi connectivity index (χ2n) is 7.44. The molecule has 0 aliphatic carbocycles. The molecule has 0 atom stereocenters. The Morgan fingerprint density at radius 3 is 2.43 bits per heavy atom. The van der Waals surface area contributed by atoms with Gasteiger partial charge in [0.1, 0.15) is 0 Å². The van der Waals surface area contributed by atoms with E-state index in [1.165, 1.54) is 11.1 Å². The molecule has 0 spiro atoms. The fraction of sp³-hybridized carbons (Fsp3) is 0.450. The summed E-state index contributed by atoms with van der Waals surface area (Å²) in [5.41, 5.74) is 4.35. The summed E-state index contributed by atoms with van der Waals surface area (Å²) in [5, 5.41) is 8.56. The lowest BCUT2D eigenvalue weighted by atomic mass is 10.1. The van der Waals surface area contributed by atoms with Crippen LogP contribution in [0.5, 0.6) is 0 Å². The van der Waals surface area contributed by atoms with Gasteiger partial charge in [-0.2, -0.15) is 0 Å². The van der Waals surface area contributed by atoms with Gasteiger partial charge in [0.05, 0.1) is 18.9 Å². The molecule has 3 heterocycles. The molecule has 0 amide bonds. The molecule has 7 nitrogen and oxygen atoms in total. The summed E-state index contributed by atoms with van der Waals surface area (Å²) in [4.78, 5) is 5.12. The molecule has 2 aromatic heterocycles. The Morgan fingerprint density at radius 2 is 1.75 bits per heavy atom. The van der Waals surface area contributed by atoms with Gasteiger partial charge in [0.25, 0.3) is 4.84 Å². The quantitative estimate of drug-likeness (QED) is 0.608. The Labute approximate surface area is 169 Å². The zero-order valence-corrected chi connectivity index (χ0v) is 17.3. The van der Waals surface area contributed by atoms with Crippen molar-refractivity contribution in [2.24, 2.45) is 0 Å². The van der Waals surface area contributed by atoms with Gasteiger partial charge in [-0.1, -0.05) is 11.2 Å². The smallest absolute Gasteiger partial charge is 0.288 e. The Bertz CT molecular complexity index is 1010. The molecule has 0 radical (unpaired) electrons. The fourth-order valence-corrected chi connectivity index (χ4v) is 3.55. The van der Waals surface area contributed by atoms with Gasteiger partial charge < -0.3 is 8.94 Å². The second-order valence-corrected chi connectivity index (χ2v) is 7.79. The van der Waals surface area contributed by atoms with Gasteiger partial charge in [0, 0.05) is 37.8 Å². The molecule has 0 unspecified atom stereocenters. The summed E-state index contributed by atoms with van der Waals surface area (Å²) in [6, 6.07) is 8.19. The van der Waals surface area contributed by atoms with Crippen LogP contribution in [0.2, 0.25) is 0 Å². The first-order valence-electron chi connectivity index (χ1n) is 9.50. The molecule has 4 rings (SSSR count). The molecular weight excluding hydrogens is 374 g/mol. The van der Waals surface area contributed by atoms with Crippen molar-refractivity contribution >= 4 is 12.2 Å². The van der Waals surface area contributed by atoms with Crippen LogP contribution < -0.4 is 0 Å². The Kier molecular flexibility index (Phi) is 5.43. The molecule has 0 N–H and O–H groups in total. The second kappa shape index (κ2) is 7.98. The van der Waals surface area contributed by atoms with E-state index in [0.717, 1.165) is 49.7 Å². The highest BCUT2D eigenvalue weighted by Gasteiger charge is 2.20. The van der Waals surface area contributed by atoms with E-state index in [9.17, 15) is 0 Å². The first kappa shape index (κ1) is 19.0. The van der Waals surface area contributed by atoms with Crippen LogP contribution in [0.4, 0.5) is 0 Å². The van der Waals surface area contributed by atoms with Gasteiger partial charge in [0.15, 0.2) is 5.76 Å². The van der Waals surface area contributed by atoms with Crippen LogP contribution in [0.1, 0.15) is 22.6 Å². The highest BCUT2D eigenvalue weighted by atomic mass is 32.1. The minimum Gasteiger partial charge on any atom is -0.409 e. The minimum atomic E-state index is 0.410. The molecule has 1 fully saturated rings. The predicted octanol–water partition coefficient (Wildman–Crippen LogP) is 3.56. The number of aryl methyl sites for hydroxylation is 3. The summed E-state index contributed by atoms with van der Waals surface area (Å²) in [5.74, 6) is 1.50. The van der Waals surface area contributed by atoms with Crippen molar-refractivity contribution in [3.05, 3.63) is 51.7 Å². The molecule has 28 heavy (non-hydrogen) atoms. The molecule has 0 saturated carbocycles. The minimum absolute atomic E-state index is 0.410. The molecule has 1 saturated heterocycles. The highest BCUT2D eigenvalue weighted by molar-refractivity contribution is 7.71. The van der Waals surface area contributed by atoms with Crippen LogP contribution >= 0.6 is 12.2 Å². The molecular formula is C20H25N5O2S.